The van der Waals surface area contributed by atoms with Crippen molar-refractivity contribution in [3.8, 4) is 0 Å². The minimum atomic E-state index is -0.119. The minimum Gasteiger partial charge on any atom is -0.346 e. The molecule has 0 bridgehead atoms. The van der Waals surface area contributed by atoms with Gasteiger partial charge in [0.2, 0.25) is 0 Å². The first kappa shape index (κ1) is 12.3. The Kier molecular flexibility index (Phi) is 3.45. The number of nitrogens with one attached hydrogen (secondary N) is 1. The summed E-state index contributed by atoms with van der Waals surface area (Å²) in [5, 5.41) is 11.2. The molecule has 0 aliphatic carbocycles. The molecular formula is C12H17N5O. The van der Waals surface area contributed by atoms with Gasteiger partial charge in [-0.3, -0.25) is 14.2 Å². The molecule has 0 atom stereocenters. The van der Waals surface area contributed by atoms with Gasteiger partial charge in [-0.05, 0) is 19.9 Å². The first-order valence-corrected chi connectivity index (χ1v) is 5.91. The molecule has 6 nitrogen and oxygen atoms in total. The van der Waals surface area contributed by atoms with E-state index in [9.17, 15) is 4.79 Å². The minimum absolute atomic E-state index is 0.119. The van der Waals surface area contributed by atoms with Crippen molar-refractivity contribution in [3.63, 3.8) is 0 Å². The fourth-order valence-electron chi connectivity index (χ4n) is 1.66. The van der Waals surface area contributed by atoms with E-state index in [0.29, 0.717) is 12.1 Å². The zero-order valence-electron chi connectivity index (χ0n) is 10.8. The summed E-state index contributed by atoms with van der Waals surface area (Å²) in [5.41, 5.74) is 2.31. The molecule has 6 heteroatoms. The molecule has 0 spiro atoms. The van der Waals surface area contributed by atoms with Crippen molar-refractivity contribution in [2.45, 2.75) is 26.9 Å². The lowest BCUT2D eigenvalue weighted by molar-refractivity contribution is 0.0949. The topological polar surface area (TPSA) is 64.7 Å². The normalized spacial score (nSPS) is 10.6. The van der Waals surface area contributed by atoms with E-state index in [4.69, 9.17) is 0 Å². The Balaban J connectivity index is 1.98. The monoisotopic (exact) mass is 247 g/mol. The lowest BCUT2D eigenvalue weighted by Crippen LogP contribution is -2.23. The highest BCUT2D eigenvalue weighted by atomic mass is 16.1. The van der Waals surface area contributed by atoms with Crippen molar-refractivity contribution in [2.24, 2.45) is 7.05 Å². The van der Waals surface area contributed by atoms with E-state index in [1.165, 1.54) is 0 Å². The third-order valence-electron chi connectivity index (χ3n) is 2.93. The van der Waals surface area contributed by atoms with E-state index in [1.54, 1.807) is 10.9 Å². The van der Waals surface area contributed by atoms with Gasteiger partial charge in [0, 0.05) is 25.5 Å². The Morgan fingerprint density at radius 2 is 2.28 bits per heavy atom. The van der Waals surface area contributed by atoms with Crippen LogP contribution >= 0.6 is 0 Å². The molecule has 1 amide bonds. The average molecular weight is 247 g/mol. The summed E-state index contributed by atoms with van der Waals surface area (Å²) >= 11 is 0. The number of aryl methyl sites for hydroxylation is 2. The van der Waals surface area contributed by atoms with Gasteiger partial charge in [0.25, 0.3) is 5.91 Å². The van der Waals surface area contributed by atoms with Gasteiger partial charge in [0.1, 0.15) is 0 Å². The molecule has 0 aromatic carbocycles. The van der Waals surface area contributed by atoms with Crippen molar-refractivity contribution in [2.75, 3.05) is 0 Å². The van der Waals surface area contributed by atoms with Crippen LogP contribution in [0.1, 0.15) is 28.7 Å². The average Bonchev–Trinajstić information content (AvgIpc) is 2.95. The predicted octanol–water partition coefficient (Wildman–Crippen LogP) is 0.875. The van der Waals surface area contributed by atoms with Gasteiger partial charge in [-0.2, -0.15) is 10.2 Å². The van der Waals surface area contributed by atoms with Gasteiger partial charge in [-0.15, -0.1) is 0 Å². The zero-order chi connectivity index (χ0) is 13.1. The van der Waals surface area contributed by atoms with Crippen LogP contribution in [0.2, 0.25) is 0 Å². The van der Waals surface area contributed by atoms with Crippen LogP contribution in [0.25, 0.3) is 0 Å². The number of rotatable bonds is 4. The molecule has 0 saturated heterocycles. The van der Waals surface area contributed by atoms with Crippen LogP contribution < -0.4 is 5.32 Å². The summed E-state index contributed by atoms with van der Waals surface area (Å²) in [6.45, 7) is 5.15. The third-order valence-corrected chi connectivity index (χ3v) is 2.93. The third kappa shape index (κ3) is 2.42. The molecule has 2 heterocycles. The van der Waals surface area contributed by atoms with Crippen molar-refractivity contribution >= 4 is 5.91 Å². The van der Waals surface area contributed by atoms with Crippen molar-refractivity contribution in [3.05, 3.63) is 35.4 Å². The number of nitrogens with zero attached hydrogens (tertiary/aromatic N) is 4. The molecule has 2 aromatic heterocycles. The SMILES string of the molecule is CCn1ccc(CNC(=O)c2cnn(C)c2C)n1. The van der Waals surface area contributed by atoms with E-state index in [2.05, 4.69) is 15.5 Å². The quantitative estimate of drug-likeness (QED) is 0.872. The lowest BCUT2D eigenvalue weighted by Gasteiger charge is -2.02. The first-order valence-electron chi connectivity index (χ1n) is 5.91. The summed E-state index contributed by atoms with van der Waals surface area (Å²) in [5.74, 6) is -0.119. The number of hydrogen-bond donors (Lipinski definition) is 1. The van der Waals surface area contributed by atoms with Crippen molar-refractivity contribution in [1.82, 2.24) is 24.9 Å². The Hall–Kier alpha value is -2.11. The molecule has 0 aliphatic heterocycles. The summed E-state index contributed by atoms with van der Waals surface area (Å²) in [7, 11) is 1.81. The van der Waals surface area contributed by atoms with Crippen molar-refractivity contribution in [1.29, 1.82) is 0 Å². The highest BCUT2D eigenvalue weighted by molar-refractivity contribution is 5.94. The molecule has 1 N–H and O–H groups in total. The fourth-order valence-corrected chi connectivity index (χ4v) is 1.66. The maximum atomic E-state index is 11.9. The van der Waals surface area contributed by atoms with Gasteiger partial charge in [0.15, 0.2) is 0 Å². The summed E-state index contributed by atoms with van der Waals surface area (Å²) in [4.78, 5) is 11.9. The van der Waals surface area contributed by atoms with E-state index in [0.717, 1.165) is 17.9 Å². The van der Waals surface area contributed by atoms with Crippen LogP contribution in [-0.2, 0) is 20.1 Å². The standard InChI is InChI=1S/C12H17N5O/c1-4-17-6-5-10(15-17)7-13-12(18)11-8-14-16(3)9(11)2/h5-6,8H,4,7H2,1-3H3,(H,13,18). The Bertz CT molecular complexity index is 555. The first-order chi connectivity index (χ1) is 8.61. The summed E-state index contributed by atoms with van der Waals surface area (Å²) in [6, 6.07) is 1.90. The van der Waals surface area contributed by atoms with E-state index >= 15 is 0 Å². The zero-order valence-corrected chi connectivity index (χ0v) is 10.8. The van der Waals surface area contributed by atoms with Crippen molar-refractivity contribution < 1.29 is 4.79 Å². The van der Waals surface area contributed by atoms with Gasteiger partial charge in [-0.1, -0.05) is 0 Å². The lowest BCUT2D eigenvalue weighted by atomic mass is 10.2. The number of aromatic nitrogens is 4. The molecule has 0 radical (unpaired) electrons. The molecule has 0 unspecified atom stereocenters. The van der Waals surface area contributed by atoms with Gasteiger partial charge in [0.05, 0.1) is 24.0 Å². The van der Waals surface area contributed by atoms with Crippen LogP contribution in [0.4, 0.5) is 0 Å². The number of amides is 1. The molecule has 96 valence electrons. The second-order valence-corrected chi connectivity index (χ2v) is 4.11. The highest BCUT2D eigenvalue weighted by Gasteiger charge is 2.12. The molecule has 0 fully saturated rings. The molecule has 2 aromatic rings. The smallest absolute Gasteiger partial charge is 0.255 e. The summed E-state index contributed by atoms with van der Waals surface area (Å²) < 4.78 is 3.51. The second-order valence-electron chi connectivity index (χ2n) is 4.11. The van der Waals surface area contributed by atoms with Crippen LogP contribution in [-0.4, -0.2) is 25.5 Å². The molecule has 18 heavy (non-hydrogen) atoms. The van der Waals surface area contributed by atoms with E-state index in [1.807, 2.05) is 37.8 Å². The van der Waals surface area contributed by atoms with Crippen LogP contribution in [0.15, 0.2) is 18.5 Å². The second kappa shape index (κ2) is 5.03. The number of carbonyl (C=O) groups is 1. The summed E-state index contributed by atoms with van der Waals surface area (Å²) in [6.07, 6.45) is 3.48. The predicted molar refractivity (Wildman–Crippen MR) is 67.0 cm³/mol. The van der Waals surface area contributed by atoms with Crippen LogP contribution in [0.5, 0.6) is 0 Å². The maximum Gasteiger partial charge on any atom is 0.255 e. The van der Waals surface area contributed by atoms with Gasteiger partial charge >= 0.3 is 0 Å². The van der Waals surface area contributed by atoms with Gasteiger partial charge < -0.3 is 5.32 Å². The number of carbonyl (C=O) groups excluding carboxylic acids is 1. The fraction of sp³-hybridized carbons (Fsp3) is 0.417. The number of hydrogen-bond acceptors (Lipinski definition) is 3. The Morgan fingerprint density at radius 3 is 2.83 bits per heavy atom. The highest BCUT2D eigenvalue weighted by Crippen LogP contribution is 2.05. The molecule has 0 saturated carbocycles. The van der Waals surface area contributed by atoms with Gasteiger partial charge in [-0.25, -0.2) is 0 Å². The Labute approximate surface area is 106 Å². The molecular weight excluding hydrogens is 230 g/mol. The Morgan fingerprint density at radius 1 is 1.50 bits per heavy atom. The van der Waals surface area contributed by atoms with Crippen LogP contribution in [0, 0.1) is 6.92 Å². The van der Waals surface area contributed by atoms with E-state index < -0.39 is 0 Å². The largest absolute Gasteiger partial charge is 0.346 e. The molecule has 0 aliphatic rings. The van der Waals surface area contributed by atoms with Crippen LogP contribution in [0.3, 0.4) is 0 Å². The molecule has 2 rings (SSSR count). The maximum absolute atomic E-state index is 11.9. The van der Waals surface area contributed by atoms with E-state index in [-0.39, 0.29) is 5.91 Å².